The quantitative estimate of drug-likeness (QED) is 0.658. The van der Waals surface area contributed by atoms with Gasteiger partial charge in [0.25, 0.3) is 0 Å². The van der Waals surface area contributed by atoms with Gasteiger partial charge >= 0.3 is 0 Å². The van der Waals surface area contributed by atoms with E-state index in [1.165, 1.54) is 10.6 Å². The van der Waals surface area contributed by atoms with E-state index in [2.05, 4.69) is 25.3 Å². The summed E-state index contributed by atoms with van der Waals surface area (Å²) in [5, 5.41) is 3.04. The Morgan fingerprint density at radius 3 is 2.62 bits per heavy atom. The second kappa shape index (κ2) is 8.10. The number of anilines is 2. The van der Waals surface area contributed by atoms with Crippen LogP contribution in [0, 0.1) is 0 Å². The fourth-order valence-corrected chi connectivity index (χ4v) is 4.99. The van der Waals surface area contributed by atoms with Crippen LogP contribution in [0.4, 0.5) is 11.6 Å². The minimum absolute atomic E-state index is 0.235. The van der Waals surface area contributed by atoms with E-state index in [-0.39, 0.29) is 10.9 Å². The van der Waals surface area contributed by atoms with Crippen LogP contribution in [0.5, 0.6) is 5.75 Å². The molecule has 0 unspecified atom stereocenters. The molecule has 1 atom stereocenters. The van der Waals surface area contributed by atoms with Gasteiger partial charge in [-0.1, -0.05) is 0 Å². The van der Waals surface area contributed by atoms with Crippen LogP contribution in [0.2, 0.25) is 0 Å². The van der Waals surface area contributed by atoms with Gasteiger partial charge in [0.1, 0.15) is 12.1 Å². The van der Waals surface area contributed by atoms with Gasteiger partial charge in [0.05, 0.1) is 41.8 Å². The Labute approximate surface area is 168 Å². The van der Waals surface area contributed by atoms with E-state index in [1.807, 2.05) is 0 Å². The number of aromatic nitrogens is 4. The van der Waals surface area contributed by atoms with E-state index in [9.17, 15) is 8.42 Å². The highest BCUT2D eigenvalue weighted by Crippen LogP contribution is 2.36. The number of rotatable bonds is 6. The van der Waals surface area contributed by atoms with Gasteiger partial charge in [-0.05, 0) is 43.2 Å². The third-order valence-corrected chi connectivity index (χ3v) is 6.63. The molecule has 9 nitrogen and oxygen atoms in total. The van der Waals surface area contributed by atoms with Crippen molar-refractivity contribution in [2.45, 2.75) is 23.8 Å². The van der Waals surface area contributed by atoms with Crippen LogP contribution in [-0.2, 0) is 10.0 Å². The fourth-order valence-electron chi connectivity index (χ4n) is 3.32. The summed E-state index contributed by atoms with van der Waals surface area (Å²) in [5.74, 6) is 0.976. The van der Waals surface area contributed by atoms with Crippen LogP contribution >= 0.6 is 0 Å². The first-order valence-electron chi connectivity index (χ1n) is 9.09. The number of ether oxygens (including phenoxy) is 1. The summed E-state index contributed by atoms with van der Waals surface area (Å²) in [6.07, 6.45) is 7.73. The van der Waals surface area contributed by atoms with Gasteiger partial charge in [0.15, 0.2) is 0 Å². The zero-order valence-electron chi connectivity index (χ0n) is 15.8. The van der Waals surface area contributed by atoms with Crippen molar-refractivity contribution >= 4 is 21.7 Å². The Morgan fingerprint density at radius 1 is 1.14 bits per heavy atom. The Kier molecular flexibility index (Phi) is 5.36. The highest BCUT2D eigenvalue weighted by atomic mass is 32.2. The van der Waals surface area contributed by atoms with Crippen molar-refractivity contribution in [3.63, 3.8) is 0 Å². The molecular formula is C19H20N6O3S. The molecule has 29 heavy (non-hydrogen) atoms. The number of sulfonamides is 1. The molecule has 0 spiro atoms. The van der Waals surface area contributed by atoms with E-state index in [4.69, 9.17) is 4.74 Å². The highest BCUT2D eigenvalue weighted by Gasteiger charge is 2.37. The molecule has 0 bridgehead atoms. The lowest BCUT2D eigenvalue weighted by Gasteiger charge is -2.24. The van der Waals surface area contributed by atoms with Crippen LogP contribution in [0.15, 0.2) is 60.1 Å². The maximum Gasteiger partial charge on any atom is 0.243 e. The average Bonchev–Trinajstić information content (AvgIpc) is 3.26. The number of nitrogens with zero attached hydrogens (tertiary/aromatic N) is 5. The summed E-state index contributed by atoms with van der Waals surface area (Å²) in [7, 11) is -2.11. The first-order valence-corrected chi connectivity index (χ1v) is 10.5. The van der Waals surface area contributed by atoms with Gasteiger partial charge in [-0.15, -0.1) is 0 Å². The summed E-state index contributed by atoms with van der Waals surface area (Å²) in [6.45, 7) is 0.443. The predicted octanol–water partition coefficient (Wildman–Crippen LogP) is 2.54. The predicted molar refractivity (Wildman–Crippen MR) is 106 cm³/mol. The van der Waals surface area contributed by atoms with Crippen LogP contribution in [-0.4, -0.2) is 46.3 Å². The van der Waals surface area contributed by atoms with Crippen molar-refractivity contribution < 1.29 is 13.2 Å². The molecule has 3 aromatic rings. The van der Waals surface area contributed by atoms with Crippen molar-refractivity contribution in [3.05, 3.63) is 60.9 Å². The molecule has 150 valence electrons. The summed E-state index contributed by atoms with van der Waals surface area (Å²) in [5.41, 5.74) is 1.30. The second-order valence-electron chi connectivity index (χ2n) is 6.51. The van der Waals surface area contributed by atoms with E-state index in [0.29, 0.717) is 36.0 Å². The minimum Gasteiger partial charge on any atom is -0.497 e. The number of methoxy groups -OCH3 is 1. The SMILES string of the molecule is COc1ccc(S(=O)(=O)N2CCC[C@H]2c2ccnc(Nc3cncnc3)n2)cc1. The number of benzene rings is 1. The smallest absolute Gasteiger partial charge is 0.243 e. The average molecular weight is 412 g/mol. The molecule has 1 aliphatic heterocycles. The topological polar surface area (TPSA) is 110 Å². The molecular weight excluding hydrogens is 392 g/mol. The van der Waals surface area contributed by atoms with Crippen LogP contribution in [0.1, 0.15) is 24.6 Å². The third-order valence-electron chi connectivity index (χ3n) is 4.70. The maximum absolute atomic E-state index is 13.2. The third kappa shape index (κ3) is 4.03. The van der Waals surface area contributed by atoms with Gasteiger partial charge in [-0.3, -0.25) is 0 Å². The van der Waals surface area contributed by atoms with Gasteiger partial charge < -0.3 is 10.1 Å². The number of hydrogen-bond acceptors (Lipinski definition) is 8. The lowest BCUT2D eigenvalue weighted by Crippen LogP contribution is -2.31. The molecule has 1 fully saturated rings. The Hall–Kier alpha value is -3.11. The molecule has 2 aromatic heterocycles. The molecule has 1 saturated heterocycles. The van der Waals surface area contributed by atoms with Crippen LogP contribution in [0.25, 0.3) is 0 Å². The largest absolute Gasteiger partial charge is 0.497 e. The summed E-state index contributed by atoms with van der Waals surface area (Å²) in [4.78, 5) is 16.9. The van der Waals surface area contributed by atoms with Gasteiger partial charge in [0.2, 0.25) is 16.0 Å². The van der Waals surface area contributed by atoms with E-state index in [1.54, 1.807) is 56.0 Å². The molecule has 3 heterocycles. The van der Waals surface area contributed by atoms with Crippen molar-refractivity contribution in [1.82, 2.24) is 24.2 Å². The monoisotopic (exact) mass is 412 g/mol. The minimum atomic E-state index is -3.66. The maximum atomic E-state index is 13.2. The summed E-state index contributed by atoms with van der Waals surface area (Å²) in [6, 6.07) is 7.81. The first kappa shape index (κ1) is 19.2. The molecule has 1 aromatic carbocycles. The first-order chi connectivity index (χ1) is 14.1. The summed E-state index contributed by atoms with van der Waals surface area (Å²) < 4.78 is 33.0. The van der Waals surface area contributed by atoms with Gasteiger partial charge in [-0.2, -0.15) is 4.31 Å². The van der Waals surface area contributed by atoms with Crippen molar-refractivity contribution in [2.24, 2.45) is 0 Å². The Morgan fingerprint density at radius 2 is 1.90 bits per heavy atom. The molecule has 0 amide bonds. The molecule has 0 radical (unpaired) electrons. The van der Waals surface area contributed by atoms with E-state index >= 15 is 0 Å². The van der Waals surface area contributed by atoms with Gasteiger partial charge in [0, 0.05) is 12.7 Å². The number of hydrogen-bond donors (Lipinski definition) is 1. The fraction of sp³-hybridized carbons (Fsp3) is 0.263. The van der Waals surface area contributed by atoms with Crippen molar-refractivity contribution in [2.75, 3.05) is 19.0 Å². The van der Waals surface area contributed by atoms with Crippen LogP contribution < -0.4 is 10.1 Å². The lowest BCUT2D eigenvalue weighted by atomic mass is 10.1. The number of nitrogens with one attached hydrogen (secondary N) is 1. The zero-order chi connectivity index (χ0) is 20.3. The molecule has 10 heteroatoms. The Bertz CT molecular complexity index is 1080. The molecule has 0 aliphatic carbocycles. The molecule has 0 saturated carbocycles. The molecule has 1 aliphatic rings. The lowest BCUT2D eigenvalue weighted by molar-refractivity contribution is 0.390. The van der Waals surface area contributed by atoms with Crippen LogP contribution in [0.3, 0.4) is 0 Å². The highest BCUT2D eigenvalue weighted by molar-refractivity contribution is 7.89. The van der Waals surface area contributed by atoms with E-state index in [0.717, 1.165) is 6.42 Å². The van der Waals surface area contributed by atoms with Crippen molar-refractivity contribution in [3.8, 4) is 5.75 Å². The standard InChI is InChI=1S/C19H20N6O3S/c1-28-15-4-6-16(7-5-15)29(26,27)25-10-2-3-18(25)17-8-9-22-19(24-17)23-14-11-20-13-21-12-14/h4-9,11-13,18H,2-3,10H2,1H3,(H,22,23,24)/t18-/m0/s1. The zero-order valence-corrected chi connectivity index (χ0v) is 16.6. The summed E-state index contributed by atoms with van der Waals surface area (Å²) >= 11 is 0. The Balaban J connectivity index is 1.60. The van der Waals surface area contributed by atoms with E-state index < -0.39 is 10.0 Å². The molecule has 1 N–H and O–H groups in total. The normalized spacial score (nSPS) is 17.2. The van der Waals surface area contributed by atoms with Crippen molar-refractivity contribution in [1.29, 1.82) is 0 Å². The van der Waals surface area contributed by atoms with Gasteiger partial charge in [-0.25, -0.2) is 28.4 Å². The second-order valence-corrected chi connectivity index (χ2v) is 8.40. The molecule has 4 rings (SSSR count).